The highest BCUT2D eigenvalue weighted by atomic mass is 16.1. The molecular formula is C19H28N4O. The highest BCUT2D eigenvalue weighted by molar-refractivity contribution is 5.76. The molecule has 0 unspecified atom stereocenters. The Morgan fingerprint density at radius 3 is 2.54 bits per heavy atom. The molecule has 2 aromatic rings. The number of hydrogen-bond donors (Lipinski definition) is 2. The molecule has 5 heteroatoms. The minimum absolute atomic E-state index is 0.0653. The zero-order valence-electron chi connectivity index (χ0n) is 15.3. The molecule has 1 amide bonds. The predicted molar refractivity (Wildman–Crippen MR) is 97.0 cm³/mol. The van der Waals surface area contributed by atoms with Crippen LogP contribution in [0.3, 0.4) is 0 Å². The number of aromatic amines is 1. The van der Waals surface area contributed by atoms with E-state index in [1.54, 1.807) is 0 Å². The number of carbonyl (C=O) groups is 1. The van der Waals surface area contributed by atoms with Gasteiger partial charge in [0.2, 0.25) is 5.91 Å². The fourth-order valence-corrected chi connectivity index (χ4v) is 2.84. The fourth-order valence-electron chi connectivity index (χ4n) is 2.84. The minimum atomic E-state index is 0.0653. The quantitative estimate of drug-likeness (QED) is 0.821. The van der Waals surface area contributed by atoms with E-state index < -0.39 is 0 Å². The number of H-pyrrole nitrogens is 1. The molecule has 0 fully saturated rings. The Bertz CT molecular complexity index is 690. The molecule has 130 valence electrons. The van der Waals surface area contributed by atoms with Gasteiger partial charge in [-0.25, -0.2) is 0 Å². The maximum Gasteiger partial charge on any atom is 0.220 e. The summed E-state index contributed by atoms with van der Waals surface area (Å²) < 4.78 is 0. The lowest BCUT2D eigenvalue weighted by Crippen LogP contribution is -2.35. The summed E-state index contributed by atoms with van der Waals surface area (Å²) in [4.78, 5) is 14.4. The molecule has 0 aliphatic heterocycles. The molecule has 5 nitrogen and oxygen atoms in total. The molecule has 1 aromatic carbocycles. The summed E-state index contributed by atoms with van der Waals surface area (Å²) in [7, 11) is 4.08. The van der Waals surface area contributed by atoms with Crippen LogP contribution < -0.4 is 5.32 Å². The Hall–Kier alpha value is -2.14. The summed E-state index contributed by atoms with van der Waals surface area (Å²) in [6, 6.07) is 8.49. The van der Waals surface area contributed by atoms with Gasteiger partial charge < -0.3 is 10.2 Å². The van der Waals surface area contributed by atoms with Gasteiger partial charge in [-0.15, -0.1) is 0 Å². The van der Waals surface area contributed by atoms with E-state index in [9.17, 15) is 4.79 Å². The third-order valence-electron chi connectivity index (χ3n) is 4.61. The topological polar surface area (TPSA) is 61.0 Å². The van der Waals surface area contributed by atoms with Crippen LogP contribution in [0.2, 0.25) is 0 Å². The largest absolute Gasteiger partial charge is 0.354 e. The van der Waals surface area contributed by atoms with Gasteiger partial charge in [-0.1, -0.05) is 24.3 Å². The van der Waals surface area contributed by atoms with Crippen molar-refractivity contribution >= 4 is 5.91 Å². The third kappa shape index (κ3) is 4.45. The SMILES string of the molecule is Cc1ccccc1[C@@H](CNC(=O)CCc1n[nH]c(C)c1C)N(C)C. The highest BCUT2D eigenvalue weighted by Gasteiger charge is 2.17. The van der Waals surface area contributed by atoms with Crippen molar-refractivity contribution in [3.05, 3.63) is 52.3 Å². The van der Waals surface area contributed by atoms with Crippen molar-refractivity contribution < 1.29 is 4.79 Å². The summed E-state index contributed by atoms with van der Waals surface area (Å²) in [6.07, 6.45) is 1.12. The standard InChI is InChI=1S/C19H28N4O/c1-13-8-6-7-9-16(13)18(23(4)5)12-20-19(24)11-10-17-14(2)15(3)21-22-17/h6-9,18H,10-12H2,1-5H3,(H,20,24)(H,21,22)/t18-/m1/s1. The summed E-state index contributed by atoms with van der Waals surface area (Å²) >= 11 is 0. The molecule has 24 heavy (non-hydrogen) atoms. The van der Waals surface area contributed by atoms with Crippen LogP contribution in [0.5, 0.6) is 0 Å². The van der Waals surface area contributed by atoms with Gasteiger partial charge in [-0.2, -0.15) is 5.10 Å². The van der Waals surface area contributed by atoms with E-state index in [2.05, 4.69) is 39.5 Å². The average molecular weight is 328 g/mol. The maximum atomic E-state index is 12.2. The number of nitrogens with one attached hydrogen (secondary N) is 2. The molecule has 0 radical (unpaired) electrons. The fraction of sp³-hybridized carbons (Fsp3) is 0.474. The normalized spacial score (nSPS) is 12.4. The van der Waals surface area contributed by atoms with Gasteiger partial charge in [-0.05, 0) is 51.6 Å². The Morgan fingerprint density at radius 2 is 1.96 bits per heavy atom. The van der Waals surface area contributed by atoms with Crippen LogP contribution in [0.25, 0.3) is 0 Å². The van der Waals surface area contributed by atoms with Crippen LogP contribution in [0.4, 0.5) is 0 Å². The summed E-state index contributed by atoms with van der Waals surface area (Å²) in [6.45, 7) is 6.74. The van der Waals surface area contributed by atoms with Crippen LogP contribution in [-0.4, -0.2) is 41.6 Å². The maximum absolute atomic E-state index is 12.2. The number of benzene rings is 1. The highest BCUT2D eigenvalue weighted by Crippen LogP contribution is 2.21. The first-order valence-electron chi connectivity index (χ1n) is 8.39. The van der Waals surface area contributed by atoms with Gasteiger partial charge in [-0.3, -0.25) is 9.89 Å². The van der Waals surface area contributed by atoms with E-state index in [1.807, 2.05) is 40.1 Å². The number of rotatable bonds is 7. The Labute approximate surface area is 144 Å². The Morgan fingerprint density at radius 1 is 1.25 bits per heavy atom. The number of aryl methyl sites for hydroxylation is 3. The van der Waals surface area contributed by atoms with Gasteiger partial charge in [0.25, 0.3) is 0 Å². The number of hydrogen-bond acceptors (Lipinski definition) is 3. The van der Waals surface area contributed by atoms with Crippen molar-refractivity contribution in [1.82, 2.24) is 20.4 Å². The van der Waals surface area contributed by atoms with E-state index in [4.69, 9.17) is 0 Å². The molecule has 1 atom stereocenters. The zero-order chi connectivity index (χ0) is 17.7. The van der Waals surface area contributed by atoms with Crippen LogP contribution in [0.15, 0.2) is 24.3 Å². The predicted octanol–water partition coefficient (Wildman–Crippen LogP) is 2.69. The molecule has 0 saturated heterocycles. The molecule has 0 aliphatic rings. The van der Waals surface area contributed by atoms with Crippen molar-refractivity contribution in [1.29, 1.82) is 0 Å². The summed E-state index contributed by atoms with van der Waals surface area (Å²) in [5.74, 6) is 0.0653. The first-order valence-corrected chi connectivity index (χ1v) is 8.39. The Balaban J connectivity index is 1.91. The van der Waals surface area contributed by atoms with Gasteiger partial charge in [0.05, 0.1) is 11.7 Å². The van der Waals surface area contributed by atoms with Crippen molar-refractivity contribution in [3.63, 3.8) is 0 Å². The monoisotopic (exact) mass is 328 g/mol. The molecular weight excluding hydrogens is 300 g/mol. The molecule has 0 saturated carbocycles. The average Bonchev–Trinajstić information content (AvgIpc) is 2.86. The van der Waals surface area contributed by atoms with Crippen molar-refractivity contribution in [3.8, 4) is 0 Å². The van der Waals surface area contributed by atoms with Gasteiger partial charge in [0, 0.05) is 25.1 Å². The van der Waals surface area contributed by atoms with E-state index in [-0.39, 0.29) is 11.9 Å². The van der Waals surface area contributed by atoms with Crippen LogP contribution in [-0.2, 0) is 11.2 Å². The number of nitrogens with zero attached hydrogens (tertiary/aromatic N) is 2. The van der Waals surface area contributed by atoms with Crippen LogP contribution >= 0.6 is 0 Å². The molecule has 1 aromatic heterocycles. The number of likely N-dealkylation sites (N-methyl/N-ethyl adjacent to an activating group) is 1. The first kappa shape index (κ1) is 18.2. The van der Waals surface area contributed by atoms with Gasteiger partial charge in [0.15, 0.2) is 0 Å². The van der Waals surface area contributed by atoms with Crippen LogP contribution in [0.1, 0.15) is 40.5 Å². The second-order valence-electron chi connectivity index (χ2n) is 6.56. The smallest absolute Gasteiger partial charge is 0.220 e. The van der Waals surface area contributed by atoms with Gasteiger partial charge >= 0.3 is 0 Å². The number of amides is 1. The number of aromatic nitrogens is 2. The lowest BCUT2D eigenvalue weighted by atomic mass is 10.0. The first-order chi connectivity index (χ1) is 11.4. The van der Waals surface area contributed by atoms with Crippen molar-refractivity contribution in [2.75, 3.05) is 20.6 Å². The minimum Gasteiger partial charge on any atom is -0.354 e. The molecule has 0 spiro atoms. The lowest BCUT2D eigenvalue weighted by molar-refractivity contribution is -0.121. The summed E-state index contributed by atoms with van der Waals surface area (Å²) in [5.41, 5.74) is 5.69. The van der Waals surface area contributed by atoms with E-state index in [0.29, 0.717) is 19.4 Å². The third-order valence-corrected chi connectivity index (χ3v) is 4.61. The molecule has 0 bridgehead atoms. The molecule has 1 heterocycles. The second kappa shape index (κ2) is 8.11. The molecule has 2 rings (SSSR count). The van der Waals surface area contributed by atoms with E-state index in [0.717, 1.165) is 17.0 Å². The van der Waals surface area contributed by atoms with Crippen LogP contribution in [0, 0.1) is 20.8 Å². The van der Waals surface area contributed by atoms with Crippen molar-refractivity contribution in [2.24, 2.45) is 0 Å². The number of carbonyl (C=O) groups excluding carboxylic acids is 1. The molecule has 0 aliphatic carbocycles. The summed E-state index contributed by atoms with van der Waals surface area (Å²) in [5, 5.41) is 10.3. The Kier molecular flexibility index (Phi) is 6.15. The second-order valence-corrected chi connectivity index (χ2v) is 6.56. The van der Waals surface area contributed by atoms with Crippen molar-refractivity contribution in [2.45, 2.75) is 39.7 Å². The van der Waals surface area contributed by atoms with Gasteiger partial charge in [0.1, 0.15) is 0 Å². The molecule has 2 N–H and O–H groups in total. The van der Waals surface area contributed by atoms with E-state index in [1.165, 1.54) is 11.1 Å². The lowest BCUT2D eigenvalue weighted by Gasteiger charge is -2.26. The zero-order valence-corrected chi connectivity index (χ0v) is 15.3. The van der Waals surface area contributed by atoms with E-state index >= 15 is 0 Å².